The van der Waals surface area contributed by atoms with Crippen LogP contribution < -0.4 is 0 Å². The highest BCUT2D eigenvalue weighted by atomic mass is 35.5. The van der Waals surface area contributed by atoms with Crippen molar-refractivity contribution in [3.63, 3.8) is 0 Å². The van der Waals surface area contributed by atoms with Crippen LogP contribution >= 0.6 is 11.6 Å². The molecule has 10 heavy (non-hydrogen) atoms. The summed E-state index contributed by atoms with van der Waals surface area (Å²) in [5.41, 5.74) is 0. The molecule has 0 saturated carbocycles. The Labute approximate surface area is 67.8 Å². The van der Waals surface area contributed by atoms with E-state index in [0.29, 0.717) is 12.3 Å². The zero-order chi connectivity index (χ0) is 7.98. The second kappa shape index (κ2) is 5.72. The van der Waals surface area contributed by atoms with Crippen LogP contribution in [-0.2, 0) is 4.79 Å². The summed E-state index contributed by atoms with van der Waals surface area (Å²) in [6, 6.07) is 0. The molecule has 0 N–H and O–H groups in total. The lowest BCUT2D eigenvalue weighted by molar-refractivity contribution is -0.111. The molecular formula is C8H15ClO. The van der Waals surface area contributed by atoms with Gasteiger partial charge in [-0.2, -0.15) is 0 Å². The lowest BCUT2D eigenvalue weighted by Crippen LogP contribution is -1.96. The molecule has 0 heterocycles. The molecule has 0 aliphatic rings. The molecule has 0 bridgehead atoms. The fourth-order valence-electron chi connectivity index (χ4n) is 0.997. The fourth-order valence-corrected chi connectivity index (χ4v) is 1.11. The average Bonchev–Trinajstić information content (AvgIpc) is 1.85. The fraction of sp³-hybridized carbons (Fsp3) is 0.875. The molecule has 0 unspecified atom stereocenters. The van der Waals surface area contributed by atoms with Crippen molar-refractivity contribution in [1.29, 1.82) is 0 Å². The van der Waals surface area contributed by atoms with Gasteiger partial charge in [0.05, 0.1) is 0 Å². The van der Waals surface area contributed by atoms with E-state index in [0.717, 1.165) is 6.42 Å². The topological polar surface area (TPSA) is 17.1 Å². The van der Waals surface area contributed by atoms with Crippen LogP contribution in [0, 0.1) is 5.92 Å². The maximum Gasteiger partial charge on any atom is 0.221 e. The Hall–Kier alpha value is -0.0400. The minimum Gasteiger partial charge on any atom is -0.281 e. The summed E-state index contributed by atoms with van der Waals surface area (Å²) in [7, 11) is 0. The van der Waals surface area contributed by atoms with Crippen LogP contribution in [0.4, 0.5) is 0 Å². The minimum atomic E-state index is -0.206. The van der Waals surface area contributed by atoms with Crippen molar-refractivity contribution in [2.75, 3.05) is 0 Å². The standard InChI is InChI=1S/C8H15ClO/c1-3-4-7(2)5-6-8(9)10/h7H,3-6H2,1-2H3/t7-/m1/s1. The molecular weight excluding hydrogens is 148 g/mol. The molecule has 0 amide bonds. The molecule has 0 rings (SSSR count). The Balaban J connectivity index is 3.21. The first kappa shape index (κ1) is 9.96. The second-order valence-electron chi connectivity index (χ2n) is 2.79. The van der Waals surface area contributed by atoms with E-state index in [9.17, 15) is 4.79 Å². The van der Waals surface area contributed by atoms with E-state index in [1.807, 2.05) is 0 Å². The number of hydrogen-bond donors (Lipinski definition) is 0. The predicted octanol–water partition coefficient (Wildman–Crippen LogP) is 2.97. The van der Waals surface area contributed by atoms with E-state index < -0.39 is 0 Å². The maximum atomic E-state index is 10.3. The SMILES string of the molecule is CCC[C@@H](C)CCC(=O)Cl. The summed E-state index contributed by atoms with van der Waals surface area (Å²) in [4.78, 5) is 10.3. The largest absolute Gasteiger partial charge is 0.281 e. The van der Waals surface area contributed by atoms with Crippen molar-refractivity contribution in [1.82, 2.24) is 0 Å². The smallest absolute Gasteiger partial charge is 0.221 e. The Kier molecular flexibility index (Phi) is 5.70. The molecule has 1 nitrogen and oxygen atoms in total. The van der Waals surface area contributed by atoms with E-state index in [1.165, 1.54) is 12.8 Å². The molecule has 0 fully saturated rings. The lowest BCUT2D eigenvalue weighted by Gasteiger charge is -2.06. The van der Waals surface area contributed by atoms with Crippen molar-refractivity contribution in [2.45, 2.75) is 39.5 Å². The van der Waals surface area contributed by atoms with Gasteiger partial charge in [-0.1, -0.05) is 26.7 Å². The van der Waals surface area contributed by atoms with Crippen LogP contribution in [0.1, 0.15) is 39.5 Å². The van der Waals surface area contributed by atoms with Gasteiger partial charge in [0, 0.05) is 6.42 Å². The molecule has 0 aliphatic heterocycles. The zero-order valence-electron chi connectivity index (χ0n) is 6.69. The van der Waals surface area contributed by atoms with Gasteiger partial charge >= 0.3 is 0 Å². The number of carbonyl (C=O) groups is 1. The molecule has 0 saturated heterocycles. The molecule has 0 aliphatic carbocycles. The molecule has 0 aromatic heterocycles. The van der Waals surface area contributed by atoms with Gasteiger partial charge in [0.15, 0.2) is 0 Å². The Morgan fingerprint density at radius 3 is 2.50 bits per heavy atom. The van der Waals surface area contributed by atoms with E-state index in [4.69, 9.17) is 11.6 Å². The maximum absolute atomic E-state index is 10.3. The van der Waals surface area contributed by atoms with Crippen LogP contribution in [0.3, 0.4) is 0 Å². The normalized spacial score (nSPS) is 13.1. The van der Waals surface area contributed by atoms with Crippen LogP contribution in [0.5, 0.6) is 0 Å². The molecule has 0 spiro atoms. The van der Waals surface area contributed by atoms with Gasteiger partial charge in [-0.3, -0.25) is 4.79 Å². The van der Waals surface area contributed by atoms with Gasteiger partial charge in [-0.05, 0) is 23.9 Å². The predicted molar refractivity (Wildman–Crippen MR) is 44.2 cm³/mol. The summed E-state index contributed by atoms with van der Waals surface area (Å²) in [5, 5.41) is -0.206. The van der Waals surface area contributed by atoms with Gasteiger partial charge in [0.2, 0.25) is 5.24 Å². The monoisotopic (exact) mass is 162 g/mol. The van der Waals surface area contributed by atoms with Gasteiger partial charge in [0.1, 0.15) is 0 Å². The molecule has 1 atom stereocenters. The van der Waals surface area contributed by atoms with Crippen LogP contribution in [0.15, 0.2) is 0 Å². The van der Waals surface area contributed by atoms with Crippen LogP contribution in [-0.4, -0.2) is 5.24 Å². The van der Waals surface area contributed by atoms with Crippen molar-refractivity contribution in [3.05, 3.63) is 0 Å². The number of halogens is 1. The highest BCUT2D eigenvalue weighted by molar-refractivity contribution is 6.63. The number of rotatable bonds is 5. The Bertz CT molecular complexity index is 101. The number of hydrogen-bond acceptors (Lipinski definition) is 1. The van der Waals surface area contributed by atoms with E-state index in [-0.39, 0.29) is 5.24 Å². The summed E-state index contributed by atoms with van der Waals surface area (Å²) < 4.78 is 0. The summed E-state index contributed by atoms with van der Waals surface area (Å²) >= 11 is 5.18. The third kappa shape index (κ3) is 6.09. The highest BCUT2D eigenvalue weighted by Crippen LogP contribution is 2.12. The second-order valence-corrected chi connectivity index (χ2v) is 3.21. The molecule has 60 valence electrons. The first-order chi connectivity index (χ1) is 4.66. The Morgan fingerprint density at radius 1 is 1.50 bits per heavy atom. The quantitative estimate of drug-likeness (QED) is 0.568. The van der Waals surface area contributed by atoms with Gasteiger partial charge in [-0.25, -0.2) is 0 Å². The Morgan fingerprint density at radius 2 is 2.10 bits per heavy atom. The van der Waals surface area contributed by atoms with E-state index in [1.54, 1.807) is 0 Å². The highest BCUT2D eigenvalue weighted by Gasteiger charge is 2.02. The summed E-state index contributed by atoms with van der Waals surface area (Å²) in [6.45, 7) is 4.31. The van der Waals surface area contributed by atoms with Gasteiger partial charge in [0.25, 0.3) is 0 Å². The molecule has 0 aromatic rings. The number of carbonyl (C=O) groups excluding carboxylic acids is 1. The van der Waals surface area contributed by atoms with Crippen molar-refractivity contribution < 1.29 is 4.79 Å². The van der Waals surface area contributed by atoms with Crippen LogP contribution in [0.25, 0.3) is 0 Å². The van der Waals surface area contributed by atoms with Crippen molar-refractivity contribution >= 4 is 16.8 Å². The van der Waals surface area contributed by atoms with E-state index >= 15 is 0 Å². The van der Waals surface area contributed by atoms with Crippen LogP contribution in [0.2, 0.25) is 0 Å². The van der Waals surface area contributed by atoms with Crippen molar-refractivity contribution in [3.8, 4) is 0 Å². The van der Waals surface area contributed by atoms with Gasteiger partial charge in [-0.15, -0.1) is 0 Å². The first-order valence-electron chi connectivity index (χ1n) is 3.85. The van der Waals surface area contributed by atoms with E-state index in [2.05, 4.69) is 13.8 Å². The molecule has 2 heteroatoms. The first-order valence-corrected chi connectivity index (χ1v) is 4.23. The third-order valence-corrected chi connectivity index (χ3v) is 1.80. The third-order valence-electron chi connectivity index (χ3n) is 1.62. The average molecular weight is 163 g/mol. The minimum absolute atomic E-state index is 0.206. The molecule has 0 aromatic carbocycles. The summed E-state index contributed by atoms with van der Waals surface area (Å²) in [5.74, 6) is 0.646. The molecule has 0 radical (unpaired) electrons. The summed E-state index contributed by atoms with van der Waals surface area (Å²) in [6.07, 6.45) is 3.86. The van der Waals surface area contributed by atoms with Gasteiger partial charge < -0.3 is 0 Å². The lowest BCUT2D eigenvalue weighted by atomic mass is 10.0. The van der Waals surface area contributed by atoms with Crippen molar-refractivity contribution in [2.24, 2.45) is 5.92 Å². The zero-order valence-corrected chi connectivity index (χ0v) is 7.45.